The van der Waals surface area contributed by atoms with E-state index in [0.717, 1.165) is 30.0 Å². The SMILES string of the molecule is CC(C)N1CCc2c(sc(NC(=O)c3ccccc3Oc3ccccc3)c2C(N)=O)C1. The highest BCUT2D eigenvalue weighted by atomic mass is 32.1. The molecule has 1 aliphatic rings. The van der Waals surface area contributed by atoms with Gasteiger partial charge in [-0.2, -0.15) is 0 Å². The van der Waals surface area contributed by atoms with Crippen LogP contribution in [0.15, 0.2) is 54.6 Å². The number of nitrogens with zero attached hydrogens (tertiary/aromatic N) is 1. The molecule has 6 nitrogen and oxygen atoms in total. The minimum Gasteiger partial charge on any atom is -0.457 e. The molecule has 0 saturated heterocycles. The highest BCUT2D eigenvalue weighted by Gasteiger charge is 2.29. The van der Waals surface area contributed by atoms with Crippen molar-refractivity contribution < 1.29 is 14.3 Å². The van der Waals surface area contributed by atoms with Crippen LogP contribution in [-0.4, -0.2) is 29.3 Å². The summed E-state index contributed by atoms with van der Waals surface area (Å²) in [4.78, 5) is 28.8. The molecule has 7 heteroatoms. The summed E-state index contributed by atoms with van der Waals surface area (Å²) in [7, 11) is 0. The lowest BCUT2D eigenvalue weighted by Crippen LogP contribution is -2.35. The minimum absolute atomic E-state index is 0.339. The number of benzene rings is 2. The molecular formula is C24H25N3O3S. The Kier molecular flexibility index (Phi) is 6.06. The van der Waals surface area contributed by atoms with E-state index in [2.05, 4.69) is 24.1 Å². The maximum atomic E-state index is 13.1. The van der Waals surface area contributed by atoms with Gasteiger partial charge in [0, 0.05) is 24.0 Å². The van der Waals surface area contributed by atoms with Crippen LogP contribution in [0, 0.1) is 0 Å². The molecule has 4 rings (SSSR count). The standard InChI is InChI=1S/C24H25N3O3S/c1-15(2)27-13-12-18-20(14-27)31-24(21(18)22(25)28)26-23(29)17-10-6-7-11-19(17)30-16-8-4-3-5-9-16/h3-11,15H,12-14H2,1-2H3,(H2,25,28)(H,26,29). The van der Waals surface area contributed by atoms with Gasteiger partial charge in [-0.15, -0.1) is 11.3 Å². The van der Waals surface area contributed by atoms with Gasteiger partial charge in [-0.3, -0.25) is 14.5 Å². The van der Waals surface area contributed by atoms with Crippen molar-refractivity contribution in [2.75, 3.05) is 11.9 Å². The number of hydrogen-bond acceptors (Lipinski definition) is 5. The second-order valence-electron chi connectivity index (χ2n) is 7.75. The maximum Gasteiger partial charge on any atom is 0.260 e. The zero-order valence-electron chi connectivity index (χ0n) is 17.6. The van der Waals surface area contributed by atoms with Crippen molar-refractivity contribution in [1.29, 1.82) is 0 Å². The van der Waals surface area contributed by atoms with E-state index in [1.165, 1.54) is 11.3 Å². The molecule has 2 aromatic carbocycles. The van der Waals surface area contributed by atoms with Crippen molar-refractivity contribution in [2.24, 2.45) is 5.73 Å². The van der Waals surface area contributed by atoms with E-state index in [1.54, 1.807) is 18.2 Å². The summed E-state index contributed by atoms with van der Waals surface area (Å²) >= 11 is 1.43. The number of amides is 2. The molecule has 0 bridgehead atoms. The third-order valence-electron chi connectivity index (χ3n) is 5.39. The Morgan fingerprint density at radius 3 is 2.52 bits per heavy atom. The van der Waals surface area contributed by atoms with Gasteiger partial charge >= 0.3 is 0 Å². The van der Waals surface area contributed by atoms with Crippen molar-refractivity contribution in [3.63, 3.8) is 0 Å². The van der Waals surface area contributed by atoms with E-state index < -0.39 is 5.91 Å². The lowest BCUT2D eigenvalue weighted by atomic mass is 10.0. The minimum atomic E-state index is -0.514. The van der Waals surface area contributed by atoms with E-state index in [0.29, 0.717) is 33.7 Å². The van der Waals surface area contributed by atoms with Gasteiger partial charge in [0.1, 0.15) is 16.5 Å². The Hall–Kier alpha value is -3.16. The molecule has 0 aliphatic carbocycles. The average molecular weight is 436 g/mol. The van der Waals surface area contributed by atoms with Crippen LogP contribution >= 0.6 is 11.3 Å². The molecule has 1 aromatic heterocycles. The van der Waals surface area contributed by atoms with Gasteiger partial charge in [-0.05, 0) is 50.1 Å². The quantitative estimate of drug-likeness (QED) is 0.590. The van der Waals surface area contributed by atoms with Crippen molar-refractivity contribution in [1.82, 2.24) is 4.90 Å². The van der Waals surface area contributed by atoms with E-state index in [4.69, 9.17) is 10.5 Å². The van der Waals surface area contributed by atoms with Crippen molar-refractivity contribution in [2.45, 2.75) is 32.9 Å². The molecule has 160 valence electrons. The fraction of sp³-hybridized carbons (Fsp3) is 0.250. The number of thiophene rings is 1. The monoisotopic (exact) mass is 435 g/mol. The van der Waals surface area contributed by atoms with Gasteiger partial charge < -0.3 is 15.8 Å². The van der Waals surface area contributed by atoms with E-state index >= 15 is 0 Å². The Bertz CT molecular complexity index is 1110. The molecule has 3 aromatic rings. The van der Waals surface area contributed by atoms with Crippen LogP contribution < -0.4 is 15.8 Å². The molecule has 0 saturated carbocycles. The summed E-state index contributed by atoms with van der Waals surface area (Å²) in [5.41, 5.74) is 7.47. The summed E-state index contributed by atoms with van der Waals surface area (Å²) in [5, 5.41) is 3.42. The van der Waals surface area contributed by atoms with Crippen LogP contribution in [0.2, 0.25) is 0 Å². The van der Waals surface area contributed by atoms with E-state index in [9.17, 15) is 9.59 Å². The summed E-state index contributed by atoms with van der Waals surface area (Å²) < 4.78 is 5.91. The van der Waals surface area contributed by atoms with Crippen LogP contribution in [0.4, 0.5) is 5.00 Å². The number of para-hydroxylation sites is 2. The zero-order valence-corrected chi connectivity index (χ0v) is 18.4. The molecule has 0 atom stereocenters. The molecule has 0 fully saturated rings. The highest BCUT2D eigenvalue weighted by Crippen LogP contribution is 2.38. The van der Waals surface area contributed by atoms with Crippen molar-refractivity contribution in [3.8, 4) is 11.5 Å². The second kappa shape index (κ2) is 8.91. The van der Waals surface area contributed by atoms with E-state index in [-0.39, 0.29) is 5.91 Å². The molecular weight excluding hydrogens is 410 g/mol. The van der Waals surface area contributed by atoms with E-state index in [1.807, 2.05) is 36.4 Å². The van der Waals surface area contributed by atoms with Crippen LogP contribution in [0.3, 0.4) is 0 Å². The van der Waals surface area contributed by atoms with Gasteiger partial charge in [-0.25, -0.2) is 0 Å². The number of rotatable bonds is 6. The fourth-order valence-electron chi connectivity index (χ4n) is 3.74. The fourth-order valence-corrected chi connectivity index (χ4v) is 5.02. The van der Waals surface area contributed by atoms with Gasteiger partial charge in [0.2, 0.25) is 0 Å². The molecule has 2 amide bonds. The molecule has 0 radical (unpaired) electrons. The average Bonchev–Trinajstić information content (AvgIpc) is 3.12. The number of carbonyl (C=O) groups is 2. The third kappa shape index (κ3) is 4.47. The number of anilines is 1. The first-order valence-electron chi connectivity index (χ1n) is 10.3. The predicted molar refractivity (Wildman–Crippen MR) is 123 cm³/mol. The normalized spacial score (nSPS) is 13.6. The van der Waals surface area contributed by atoms with Crippen LogP contribution in [-0.2, 0) is 13.0 Å². The lowest BCUT2D eigenvalue weighted by molar-refractivity contribution is 0.0999. The Morgan fingerprint density at radius 1 is 1.10 bits per heavy atom. The van der Waals surface area contributed by atoms with Gasteiger partial charge in [0.05, 0.1) is 11.1 Å². The second-order valence-corrected chi connectivity index (χ2v) is 8.86. The highest BCUT2D eigenvalue weighted by molar-refractivity contribution is 7.17. The first kappa shape index (κ1) is 21.1. The number of hydrogen-bond donors (Lipinski definition) is 2. The van der Waals surface area contributed by atoms with Crippen molar-refractivity contribution in [3.05, 3.63) is 76.2 Å². The number of fused-ring (bicyclic) bond motifs is 1. The molecule has 31 heavy (non-hydrogen) atoms. The zero-order chi connectivity index (χ0) is 22.0. The van der Waals surface area contributed by atoms with Gasteiger partial charge in [-0.1, -0.05) is 30.3 Å². The number of ether oxygens (including phenoxy) is 1. The van der Waals surface area contributed by atoms with Crippen LogP contribution in [0.1, 0.15) is 45.0 Å². The molecule has 1 aliphatic heterocycles. The third-order valence-corrected chi connectivity index (χ3v) is 6.53. The molecule has 0 spiro atoms. The summed E-state index contributed by atoms with van der Waals surface area (Å²) in [6.07, 6.45) is 0.742. The van der Waals surface area contributed by atoms with Gasteiger partial charge in [0.15, 0.2) is 0 Å². The van der Waals surface area contributed by atoms with Gasteiger partial charge in [0.25, 0.3) is 11.8 Å². The summed E-state index contributed by atoms with van der Waals surface area (Å²) in [6.45, 7) is 5.92. The Labute approximate surface area is 185 Å². The van der Waals surface area contributed by atoms with Crippen molar-refractivity contribution >= 4 is 28.2 Å². The molecule has 2 heterocycles. The largest absolute Gasteiger partial charge is 0.457 e. The topological polar surface area (TPSA) is 84.7 Å². The number of nitrogens with two attached hydrogens (primary N) is 1. The first-order chi connectivity index (χ1) is 14.9. The maximum absolute atomic E-state index is 13.1. The van der Waals surface area contributed by atoms with Crippen LogP contribution in [0.25, 0.3) is 0 Å². The summed E-state index contributed by atoms with van der Waals surface area (Å²) in [5.74, 6) is 0.230. The lowest BCUT2D eigenvalue weighted by Gasteiger charge is -2.30. The molecule has 0 unspecified atom stereocenters. The number of carbonyl (C=O) groups excluding carboxylic acids is 2. The first-order valence-corrected chi connectivity index (χ1v) is 11.1. The molecule has 3 N–H and O–H groups in total. The number of primary amides is 1. The smallest absolute Gasteiger partial charge is 0.260 e. The Morgan fingerprint density at radius 2 is 1.81 bits per heavy atom. The summed E-state index contributed by atoms with van der Waals surface area (Å²) in [6, 6.07) is 16.7. The predicted octanol–water partition coefficient (Wildman–Crippen LogP) is 4.66. The number of nitrogens with one attached hydrogen (secondary N) is 1. The Balaban J connectivity index is 1.62. The van der Waals surface area contributed by atoms with Crippen LogP contribution in [0.5, 0.6) is 11.5 Å².